The summed E-state index contributed by atoms with van der Waals surface area (Å²) in [5.74, 6) is 1.04. The van der Waals surface area contributed by atoms with Gasteiger partial charge in [-0.1, -0.05) is 52.4 Å². The van der Waals surface area contributed by atoms with Crippen LogP contribution in [0.1, 0.15) is 90.9 Å². The first-order valence-electron chi connectivity index (χ1n) is 9.60. The average molecular weight is 312 g/mol. The van der Waals surface area contributed by atoms with Crippen molar-refractivity contribution in [2.24, 2.45) is 11.8 Å². The molecule has 0 aromatic heterocycles. The van der Waals surface area contributed by atoms with Crippen LogP contribution in [0.3, 0.4) is 0 Å². The number of rotatable bonds is 13. The Morgan fingerprint density at radius 1 is 1.05 bits per heavy atom. The van der Waals surface area contributed by atoms with Gasteiger partial charge in [0.15, 0.2) is 0 Å². The number of unbranched alkanes of at least 4 members (excludes halogenated alkanes) is 6. The molecule has 1 aliphatic carbocycles. The third-order valence-corrected chi connectivity index (χ3v) is 5.30. The summed E-state index contributed by atoms with van der Waals surface area (Å²) in [6, 6.07) is 0.732. The van der Waals surface area contributed by atoms with Crippen molar-refractivity contribution in [3.8, 4) is 0 Å². The van der Waals surface area contributed by atoms with E-state index in [4.69, 9.17) is 5.11 Å². The lowest BCUT2D eigenvalue weighted by Gasteiger charge is -2.24. The third kappa shape index (κ3) is 8.17. The lowest BCUT2D eigenvalue weighted by atomic mass is 9.89. The number of hydrogen-bond donors (Lipinski definition) is 2. The molecule has 0 aromatic rings. The van der Waals surface area contributed by atoms with Gasteiger partial charge in [0.2, 0.25) is 0 Å². The number of carboxylic acid groups (broad SMARTS) is 1. The Bertz CT molecular complexity index is 293. The maximum atomic E-state index is 10.5. The average Bonchev–Trinajstić information content (AvgIpc) is 2.83. The molecule has 0 amide bonds. The van der Waals surface area contributed by atoms with E-state index in [0.717, 1.165) is 30.7 Å². The van der Waals surface area contributed by atoms with E-state index in [0.29, 0.717) is 6.42 Å². The Hall–Kier alpha value is -0.570. The van der Waals surface area contributed by atoms with E-state index < -0.39 is 5.97 Å². The number of hydrogen-bond acceptors (Lipinski definition) is 2. The number of carbonyl (C=O) groups is 1. The number of nitrogens with one attached hydrogen (secondary N) is 1. The summed E-state index contributed by atoms with van der Waals surface area (Å²) in [5, 5.41) is 12.5. The maximum Gasteiger partial charge on any atom is 0.303 e. The first-order valence-corrected chi connectivity index (χ1v) is 9.60. The number of carboxylic acids is 1. The Kier molecular flexibility index (Phi) is 10.6. The fourth-order valence-electron chi connectivity index (χ4n) is 3.86. The molecule has 0 spiro atoms. The zero-order valence-corrected chi connectivity index (χ0v) is 14.8. The normalized spacial score (nSPS) is 24.7. The van der Waals surface area contributed by atoms with Crippen LogP contribution in [-0.2, 0) is 4.79 Å². The first-order chi connectivity index (χ1) is 10.6. The van der Waals surface area contributed by atoms with Gasteiger partial charge in [-0.25, -0.2) is 0 Å². The molecule has 130 valence electrons. The third-order valence-electron chi connectivity index (χ3n) is 5.30. The molecule has 1 saturated carbocycles. The van der Waals surface area contributed by atoms with Crippen molar-refractivity contribution < 1.29 is 9.90 Å². The highest BCUT2D eigenvalue weighted by molar-refractivity contribution is 5.66. The Morgan fingerprint density at radius 3 is 2.50 bits per heavy atom. The fourth-order valence-corrected chi connectivity index (χ4v) is 3.86. The van der Waals surface area contributed by atoms with E-state index in [9.17, 15) is 4.79 Å². The fraction of sp³-hybridized carbons (Fsp3) is 0.947. The lowest BCUT2D eigenvalue weighted by molar-refractivity contribution is -0.137. The van der Waals surface area contributed by atoms with E-state index in [1.807, 2.05) is 0 Å². The van der Waals surface area contributed by atoms with Gasteiger partial charge < -0.3 is 10.4 Å². The summed E-state index contributed by atoms with van der Waals surface area (Å²) in [6.07, 6.45) is 14.1. The van der Waals surface area contributed by atoms with Gasteiger partial charge in [0.05, 0.1) is 0 Å². The monoisotopic (exact) mass is 311 g/mol. The molecule has 3 heteroatoms. The molecule has 0 aliphatic heterocycles. The van der Waals surface area contributed by atoms with Crippen LogP contribution in [0.4, 0.5) is 0 Å². The molecule has 0 heterocycles. The highest BCUT2D eigenvalue weighted by Gasteiger charge is 2.32. The number of aliphatic carboxylic acids is 1. The minimum absolute atomic E-state index is 0.335. The summed E-state index contributed by atoms with van der Waals surface area (Å²) < 4.78 is 0. The standard InChI is InChI=1S/C19H37NO2/c1-3-4-5-10-15-20-18-14-13-16(2)17(18)11-8-6-7-9-12-19(21)22/h16-18,20H,3-15H2,1-2H3,(H,21,22). The van der Waals surface area contributed by atoms with Gasteiger partial charge in [0.25, 0.3) is 0 Å². The first kappa shape index (κ1) is 19.5. The van der Waals surface area contributed by atoms with Crippen LogP contribution in [0, 0.1) is 11.8 Å². The highest BCUT2D eigenvalue weighted by Crippen LogP contribution is 2.35. The van der Waals surface area contributed by atoms with Gasteiger partial charge in [0.1, 0.15) is 0 Å². The Labute approximate surface area is 137 Å². The van der Waals surface area contributed by atoms with E-state index in [1.165, 1.54) is 64.3 Å². The summed E-state index contributed by atoms with van der Waals surface area (Å²) in [4.78, 5) is 10.5. The van der Waals surface area contributed by atoms with Crippen molar-refractivity contribution in [2.45, 2.75) is 96.9 Å². The molecule has 2 N–H and O–H groups in total. The van der Waals surface area contributed by atoms with Gasteiger partial charge in [-0.3, -0.25) is 4.79 Å². The smallest absolute Gasteiger partial charge is 0.303 e. The largest absolute Gasteiger partial charge is 0.481 e. The molecule has 1 fully saturated rings. The van der Waals surface area contributed by atoms with Crippen molar-refractivity contribution >= 4 is 5.97 Å². The SMILES string of the molecule is CCCCCCNC1CCC(C)C1CCCCCCC(=O)O. The molecule has 22 heavy (non-hydrogen) atoms. The van der Waals surface area contributed by atoms with E-state index in [2.05, 4.69) is 19.2 Å². The second-order valence-corrected chi connectivity index (χ2v) is 7.19. The molecule has 1 aliphatic rings. The van der Waals surface area contributed by atoms with Gasteiger partial charge in [-0.05, 0) is 50.5 Å². The summed E-state index contributed by atoms with van der Waals surface area (Å²) >= 11 is 0. The van der Waals surface area contributed by atoms with Crippen molar-refractivity contribution in [1.29, 1.82) is 0 Å². The lowest BCUT2D eigenvalue weighted by Crippen LogP contribution is -2.34. The topological polar surface area (TPSA) is 49.3 Å². The molecule has 1 rings (SSSR count). The summed E-state index contributed by atoms with van der Waals surface area (Å²) in [7, 11) is 0. The molecule has 3 nitrogen and oxygen atoms in total. The highest BCUT2D eigenvalue weighted by atomic mass is 16.4. The molecule has 3 atom stereocenters. The van der Waals surface area contributed by atoms with Crippen molar-refractivity contribution in [1.82, 2.24) is 5.32 Å². The molecule has 3 unspecified atom stereocenters. The molecule has 0 radical (unpaired) electrons. The van der Waals surface area contributed by atoms with Crippen molar-refractivity contribution in [2.75, 3.05) is 6.54 Å². The molecule has 0 saturated heterocycles. The van der Waals surface area contributed by atoms with Crippen molar-refractivity contribution in [3.63, 3.8) is 0 Å². The van der Waals surface area contributed by atoms with Crippen LogP contribution in [-0.4, -0.2) is 23.7 Å². The molecular weight excluding hydrogens is 274 g/mol. The second kappa shape index (κ2) is 11.9. The quantitative estimate of drug-likeness (QED) is 0.471. The van der Waals surface area contributed by atoms with Gasteiger partial charge in [-0.15, -0.1) is 0 Å². The Morgan fingerprint density at radius 2 is 1.77 bits per heavy atom. The van der Waals surface area contributed by atoms with E-state index in [1.54, 1.807) is 0 Å². The maximum absolute atomic E-state index is 10.5. The van der Waals surface area contributed by atoms with E-state index in [-0.39, 0.29) is 0 Å². The zero-order valence-electron chi connectivity index (χ0n) is 14.8. The minimum Gasteiger partial charge on any atom is -0.481 e. The summed E-state index contributed by atoms with van der Waals surface area (Å²) in [6.45, 7) is 5.86. The van der Waals surface area contributed by atoms with Crippen LogP contribution < -0.4 is 5.32 Å². The van der Waals surface area contributed by atoms with Crippen LogP contribution >= 0.6 is 0 Å². The predicted octanol–water partition coefficient (Wildman–Crippen LogP) is 5.00. The van der Waals surface area contributed by atoms with Gasteiger partial charge in [-0.2, -0.15) is 0 Å². The zero-order chi connectivity index (χ0) is 16.2. The van der Waals surface area contributed by atoms with Crippen LogP contribution in [0.15, 0.2) is 0 Å². The molecule has 0 bridgehead atoms. The van der Waals surface area contributed by atoms with Crippen molar-refractivity contribution in [3.05, 3.63) is 0 Å². The molecular formula is C19H37NO2. The van der Waals surface area contributed by atoms with E-state index >= 15 is 0 Å². The summed E-state index contributed by atoms with van der Waals surface area (Å²) in [5.41, 5.74) is 0. The minimum atomic E-state index is -0.656. The van der Waals surface area contributed by atoms with Crippen LogP contribution in [0.25, 0.3) is 0 Å². The second-order valence-electron chi connectivity index (χ2n) is 7.19. The van der Waals surface area contributed by atoms with Gasteiger partial charge >= 0.3 is 5.97 Å². The predicted molar refractivity (Wildman–Crippen MR) is 93.2 cm³/mol. The van der Waals surface area contributed by atoms with Crippen LogP contribution in [0.2, 0.25) is 0 Å². The molecule has 0 aromatic carbocycles. The Balaban J connectivity index is 2.11. The van der Waals surface area contributed by atoms with Crippen LogP contribution in [0.5, 0.6) is 0 Å². The van der Waals surface area contributed by atoms with Gasteiger partial charge in [0, 0.05) is 12.5 Å².